The highest BCUT2D eigenvalue weighted by molar-refractivity contribution is 7.86. The smallest absolute Gasteiger partial charge is 0.337 e. The summed E-state index contributed by atoms with van der Waals surface area (Å²) in [5, 5.41) is 8.10. The fourth-order valence-electron chi connectivity index (χ4n) is 0.875. The summed E-state index contributed by atoms with van der Waals surface area (Å²) in [6, 6.07) is 3.34. The molecule has 0 aliphatic rings. The number of aromatic carboxylic acids is 1. The van der Waals surface area contributed by atoms with Crippen LogP contribution in [0, 0.1) is 0 Å². The van der Waals surface area contributed by atoms with Gasteiger partial charge in [-0.25, -0.2) is 4.79 Å². The number of benzene rings is 1. The number of halogens is 1. The predicted molar refractivity (Wildman–Crippen MR) is 48.2 cm³/mol. The lowest BCUT2D eigenvalue weighted by atomic mass is 10.2. The summed E-state index contributed by atoms with van der Waals surface area (Å²) in [7, 11) is -4.48. The van der Waals surface area contributed by atoms with Gasteiger partial charge in [0.15, 0.2) is 0 Å². The topological polar surface area (TPSA) is 91.7 Å². The van der Waals surface area contributed by atoms with Crippen molar-refractivity contribution in [2.45, 2.75) is 4.90 Å². The molecular weight excluding hydrogens is 232 g/mol. The SMILES string of the molecule is O=C(O)c1cccc(S(=O)(=O)O)c1Cl. The van der Waals surface area contributed by atoms with Gasteiger partial charge in [-0.05, 0) is 12.1 Å². The van der Waals surface area contributed by atoms with Gasteiger partial charge in [0.1, 0.15) is 4.90 Å². The van der Waals surface area contributed by atoms with Gasteiger partial charge in [-0.3, -0.25) is 4.55 Å². The van der Waals surface area contributed by atoms with E-state index in [9.17, 15) is 13.2 Å². The Morgan fingerprint density at radius 1 is 1.36 bits per heavy atom. The third kappa shape index (κ3) is 2.03. The average molecular weight is 237 g/mol. The molecule has 0 aliphatic heterocycles. The second kappa shape index (κ2) is 3.56. The van der Waals surface area contributed by atoms with Gasteiger partial charge in [-0.2, -0.15) is 8.42 Å². The Kier molecular flexibility index (Phi) is 2.79. The second-order valence-corrected chi connectivity index (χ2v) is 4.17. The van der Waals surface area contributed by atoms with Crippen LogP contribution in [0.1, 0.15) is 10.4 Å². The van der Waals surface area contributed by atoms with E-state index >= 15 is 0 Å². The molecule has 0 heterocycles. The third-order valence-corrected chi connectivity index (χ3v) is 2.89. The van der Waals surface area contributed by atoms with Crippen molar-refractivity contribution in [3.63, 3.8) is 0 Å². The molecule has 0 aromatic heterocycles. The molecule has 5 nitrogen and oxygen atoms in total. The number of carboxylic acids is 1. The molecule has 14 heavy (non-hydrogen) atoms. The normalized spacial score (nSPS) is 11.3. The van der Waals surface area contributed by atoms with Crippen LogP contribution in [0.2, 0.25) is 5.02 Å². The quantitative estimate of drug-likeness (QED) is 0.755. The third-order valence-electron chi connectivity index (χ3n) is 1.47. The maximum Gasteiger partial charge on any atom is 0.337 e. The van der Waals surface area contributed by atoms with E-state index in [0.717, 1.165) is 12.1 Å². The molecule has 1 aromatic rings. The molecular formula is C7H5ClO5S. The van der Waals surface area contributed by atoms with Crippen molar-refractivity contribution in [3.8, 4) is 0 Å². The first-order valence-corrected chi connectivity index (χ1v) is 5.15. The standard InChI is InChI=1S/C7H5ClO5S/c8-6-4(7(9)10)2-1-3-5(6)14(11,12)13/h1-3H,(H,9,10)(H,11,12,13). The van der Waals surface area contributed by atoms with Crippen LogP contribution in [0.15, 0.2) is 23.1 Å². The summed E-state index contributed by atoms with van der Waals surface area (Å²) < 4.78 is 30.1. The highest BCUT2D eigenvalue weighted by Gasteiger charge is 2.19. The van der Waals surface area contributed by atoms with E-state index in [1.807, 2.05) is 0 Å². The van der Waals surface area contributed by atoms with E-state index in [1.54, 1.807) is 0 Å². The van der Waals surface area contributed by atoms with Crippen LogP contribution in [0.5, 0.6) is 0 Å². The zero-order valence-electron chi connectivity index (χ0n) is 6.64. The molecule has 0 aliphatic carbocycles. The monoisotopic (exact) mass is 236 g/mol. The van der Waals surface area contributed by atoms with Crippen LogP contribution < -0.4 is 0 Å². The first-order valence-electron chi connectivity index (χ1n) is 3.33. The Morgan fingerprint density at radius 3 is 2.36 bits per heavy atom. The highest BCUT2D eigenvalue weighted by Crippen LogP contribution is 2.24. The molecule has 0 unspecified atom stereocenters. The van der Waals surface area contributed by atoms with E-state index in [1.165, 1.54) is 6.07 Å². The molecule has 1 aromatic carbocycles. The van der Waals surface area contributed by atoms with Gasteiger partial charge in [-0.1, -0.05) is 17.7 Å². The van der Waals surface area contributed by atoms with Gasteiger partial charge in [0.2, 0.25) is 0 Å². The van der Waals surface area contributed by atoms with Crippen LogP contribution in [-0.4, -0.2) is 24.0 Å². The molecule has 1 rings (SSSR count). The Balaban J connectivity index is 3.51. The maximum atomic E-state index is 10.7. The summed E-state index contributed by atoms with van der Waals surface area (Å²) in [5.74, 6) is -1.36. The molecule has 0 saturated heterocycles. The maximum absolute atomic E-state index is 10.7. The lowest BCUT2D eigenvalue weighted by molar-refractivity contribution is 0.0697. The van der Waals surface area contributed by atoms with Gasteiger partial charge in [0.25, 0.3) is 10.1 Å². The summed E-state index contributed by atoms with van der Waals surface area (Å²) >= 11 is 5.47. The van der Waals surface area contributed by atoms with E-state index in [0.29, 0.717) is 0 Å². The molecule has 0 atom stereocenters. The van der Waals surface area contributed by atoms with Crippen LogP contribution in [0.25, 0.3) is 0 Å². The Bertz CT molecular complexity index is 479. The minimum absolute atomic E-state index is 0.373. The molecule has 76 valence electrons. The predicted octanol–water partition coefficient (Wildman–Crippen LogP) is 1.28. The van der Waals surface area contributed by atoms with Gasteiger partial charge in [0.05, 0.1) is 10.6 Å². The average Bonchev–Trinajstić information content (AvgIpc) is 2.01. The molecule has 0 saturated carbocycles. The fraction of sp³-hybridized carbons (Fsp3) is 0. The Hall–Kier alpha value is -1.11. The fourth-order valence-corrected chi connectivity index (χ4v) is 1.96. The number of carbonyl (C=O) groups is 1. The summed E-state index contributed by atoms with van der Waals surface area (Å²) in [5.41, 5.74) is -0.373. The number of rotatable bonds is 2. The molecule has 7 heteroatoms. The van der Waals surface area contributed by atoms with Crippen molar-refractivity contribution in [3.05, 3.63) is 28.8 Å². The highest BCUT2D eigenvalue weighted by atomic mass is 35.5. The van der Waals surface area contributed by atoms with Crippen molar-refractivity contribution in [2.75, 3.05) is 0 Å². The summed E-state index contributed by atoms with van der Waals surface area (Å²) in [4.78, 5) is 9.93. The van der Waals surface area contributed by atoms with Gasteiger partial charge < -0.3 is 5.11 Å². The zero-order valence-corrected chi connectivity index (χ0v) is 8.21. The van der Waals surface area contributed by atoms with Gasteiger partial charge in [0, 0.05) is 0 Å². The van der Waals surface area contributed by atoms with E-state index in [2.05, 4.69) is 0 Å². The lowest BCUT2D eigenvalue weighted by Crippen LogP contribution is -2.04. The second-order valence-electron chi connectivity index (χ2n) is 2.40. The van der Waals surface area contributed by atoms with Gasteiger partial charge in [-0.15, -0.1) is 0 Å². The number of hydrogen-bond acceptors (Lipinski definition) is 3. The van der Waals surface area contributed by atoms with E-state index < -0.39 is 26.0 Å². The lowest BCUT2D eigenvalue weighted by Gasteiger charge is -2.02. The Labute approximate surface area is 84.7 Å². The van der Waals surface area contributed by atoms with Crippen LogP contribution >= 0.6 is 11.6 Å². The van der Waals surface area contributed by atoms with Crippen molar-refractivity contribution in [1.29, 1.82) is 0 Å². The Morgan fingerprint density at radius 2 is 1.93 bits per heavy atom. The molecule has 0 radical (unpaired) electrons. The minimum atomic E-state index is -4.48. The van der Waals surface area contributed by atoms with Crippen LogP contribution in [0.3, 0.4) is 0 Å². The largest absolute Gasteiger partial charge is 0.478 e. The summed E-state index contributed by atoms with van der Waals surface area (Å²) in [6.45, 7) is 0. The van der Waals surface area contributed by atoms with E-state index in [4.69, 9.17) is 21.3 Å². The molecule has 0 bridgehead atoms. The van der Waals surface area contributed by atoms with Crippen molar-refractivity contribution in [2.24, 2.45) is 0 Å². The molecule has 0 spiro atoms. The minimum Gasteiger partial charge on any atom is -0.478 e. The zero-order chi connectivity index (χ0) is 10.9. The first kappa shape index (κ1) is 11.0. The molecule has 0 amide bonds. The van der Waals surface area contributed by atoms with Crippen LogP contribution in [0.4, 0.5) is 0 Å². The van der Waals surface area contributed by atoms with Crippen molar-refractivity contribution >= 4 is 27.7 Å². The van der Waals surface area contributed by atoms with Gasteiger partial charge >= 0.3 is 5.97 Å². The van der Waals surface area contributed by atoms with E-state index in [-0.39, 0.29) is 5.56 Å². The van der Waals surface area contributed by atoms with Crippen molar-refractivity contribution < 1.29 is 22.9 Å². The number of carboxylic acid groups (broad SMARTS) is 1. The van der Waals surface area contributed by atoms with Crippen LogP contribution in [-0.2, 0) is 10.1 Å². The van der Waals surface area contributed by atoms with Crippen molar-refractivity contribution in [1.82, 2.24) is 0 Å². The molecule has 0 fully saturated rings. The summed E-state index contributed by atoms with van der Waals surface area (Å²) in [6.07, 6.45) is 0. The first-order chi connectivity index (χ1) is 6.34. The number of hydrogen-bond donors (Lipinski definition) is 2. The molecule has 2 N–H and O–H groups in total.